The summed E-state index contributed by atoms with van der Waals surface area (Å²) in [6, 6.07) is 6.56. The number of rotatable bonds is 5. The second kappa shape index (κ2) is 9.55. The molecule has 1 aromatic rings. The second-order valence-corrected chi connectivity index (χ2v) is 7.50. The monoisotopic (exact) mass is 418 g/mol. The van der Waals surface area contributed by atoms with E-state index in [0.717, 1.165) is 0 Å². The highest BCUT2D eigenvalue weighted by molar-refractivity contribution is 5.82. The number of anilines is 1. The summed E-state index contributed by atoms with van der Waals surface area (Å²) < 4.78 is 5.24. The number of amides is 2. The van der Waals surface area contributed by atoms with Crippen molar-refractivity contribution in [2.75, 3.05) is 50.8 Å². The lowest BCUT2D eigenvalue weighted by Crippen LogP contribution is -2.51. The van der Waals surface area contributed by atoms with E-state index in [9.17, 15) is 24.5 Å². The number of ether oxygens (including phenoxy) is 1. The van der Waals surface area contributed by atoms with Gasteiger partial charge in [0.2, 0.25) is 5.91 Å². The number of nitro groups is 1. The number of hydrogen-bond acceptors (Lipinski definition) is 7. The number of piperazine rings is 1. The first-order chi connectivity index (χ1) is 14.4. The predicted molar refractivity (Wildman–Crippen MR) is 108 cm³/mol. The van der Waals surface area contributed by atoms with Gasteiger partial charge in [-0.25, -0.2) is 0 Å². The van der Waals surface area contributed by atoms with Crippen molar-refractivity contribution in [3.63, 3.8) is 0 Å². The number of benzene rings is 1. The van der Waals surface area contributed by atoms with Crippen LogP contribution in [0.1, 0.15) is 19.8 Å². The Morgan fingerprint density at radius 2 is 1.63 bits per heavy atom. The van der Waals surface area contributed by atoms with Crippen LogP contribution in [0.2, 0.25) is 0 Å². The summed E-state index contributed by atoms with van der Waals surface area (Å²) in [5.74, 6) is -1.01. The van der Waals surface area contributed by atoms with Gasteiger partial charge in [0.25, 0.3) is 11.6 Å². The van der Waals surface area contributed by atoms with Gasteiger partial charge in [-0.2, -0.15) is 0 Å². The molecule has 162 valence electrons. The predicted octanol–water partition coefficient (Wildman–Crippen LogP) is 1.05. The largest absolute Gasteiger partial charge is 0.455 e. The molecule has 2 heterocycles. The average molecular weight is 418 g/mol. The zero-order chi connectivity index (χ0) is 21.7. The molecule has 10 heteroatoms. The van der Waals surface area contributed by atoms with Crippen LogP contribution >= 0.6 is 0 Å². The molecule has 0 radical (unpaired) electrons. The van der Waals surface area contributed by atoms with Crippen molar-refractivity contribution in [3.05, 3.63) is 34.4 Å². The van der Waals surface area contributed by atoms with Crippen LogP contribution < -0.4 is 4.90 Å². The van der Waals surface area contributed by atoms with Crippen LogP contribution in [-0.2, 0) is 19.1 Å². The van der Waals surface area contributed by atoms with E-state index in [1.165, 1.54) is 13.0 Å². The van der Waals surface area contributed by atoms with Crippen molar-refractivity contribution < 1.29 is 24.0 Å². The third-order valence-corrected chi connectivity index (χ3v) is 5.66. The van der Waals surface area contributed by atoms with E-state index in [0.29, 0.717) is 57.8 Å². The van der Waals surface area contributed by atoms with Crippen LogP contribution in [0.15, 0.2) is 24.3 Å². The third kappa shape index (κ3) is 5.05. The van der Waals surface area contributed by atoms with Gasteiger partial charge in [-0.05, 0) is 18.9 Å². The zero-order valence-corrected chi connectivity index (χ0v) is 17.0. The molecule has 0 aromatic heterocycles. The maximum Gasteiger partial charge on any atom is 0.309 e. The molecule has 2 aliphatic heterocycles. The first-order valence-electron chi connectivity index (χ1n) is 10.0. The van der Waals surface area contributed by atoms with Crippen LogP contribution in [0.25, 0.3) is 0 Å². The molecule has 10 nitrogen and oxygen atoms in total. The molecule has 0 atom stereocenters. The highest BCUT2D eigenvalue weighted by Gasteiger charge is 2.30. The maximum atomic E-state index is 12.4. The minimum atomic E-state index is -0.409. The van der Waals surface area contributed by atoms with Crippen molar-refractivity contribution in [1.82, 2.24) is 9.80 Å². The van der Waals surface area contributed by atoms with Gasteiger partial charge in [-0.1, -0.05) is 12.1 Å². The molecule has 30 heavy (non-hydrogen) atoms. The molecule has 0 aliphatic carbocycles. The van der Waals surface area contributed by atoms with Crippen molar-refractivity contribution in [2.45, 2.75) is 19.8 Å². The molecule has 0 saturated carbocycles. The number of piperidine rings is 1. The summed E-state index contributed by atoms with van der Waals surface area (Å²) in [4.78, 5) is 52.0. The van der Waals surface area contributed by atoms with E-state index in [2.05, 4.69) is 0 Å². The van der Waals surface area contributed by atoms with Crippen molar-refractivity contribution in [3.8, 4) is 0 Å². The Morgan fingerprint density at radius 3 is 2.23 bits per heavy atom. The first-order valence-corrected chi connectivity index (χ1v) is 10.0. The lowest BCUT2D eigenvalue weighted by molar-refractivity contribution is -0.384. The Morgan fingerprint density at radius 1 is 1.03 bits per heavy atom. The highest BCUT2D eigenvalue weighted by Crippen LogP contribution is 2.31. The molecule has 0 bridgehead atoms. The number of carbonyl (C=O) groups is 3. The minimum Gasteiger partial charge on any atom is -0.455 e. The van der Waals surface area contributed by atoms with Crippen LogP contribution in [0.4, 0.5) is 11.4 Å². The molecule has 1 aromatic carbocycles. The molecular weight excluding hydrogens is 392 g/mol. The fourth-order valence-electron chi connectivity index (χ4n) is 3.85. The topological polar surface area (TPSA) is 113 Å². The van der Waals surface area contributed by atoms with Gasteiger partial charge in [0, 0.05) is 52.3 Å². The van der Waals surface area contributed by atoms with E-state index in [4.69, 9.17) is 4.74 Å². The van der Waals surface area contributed by atoms with Crippen molar-refractivity contribution in [2.24, 2.45) is 5.92 Å². The molecule has 0 unspecified atom stereocenters. The number of para-hydroxylation sites is 2. The fraction of sp³-hybridized carbons (Fsp3) is 0.550. The van der Waals surface area contributed by atoms with Gasteiger partial charge in [0.15, 0.2) is 6.61 Å². The molecule has 2 aliphatic rings. The summed E-state index contributed by atoms with van der Waals surface area (Å²) in [5.41, 5.74) is 0.600. The Bertz CT molecular complexity index is 813. The normalized spacial score (nSPS) is 17.6. The van der Waals surface area contributed by atoms with Gasteiger partial charge in [0.05, 0.1) is 10.8 Å². The summed E-state index contributed by atoms with van der Waals surface area (Å²) in [6.07, 6.45) is 1.02. The lowest BCUT2D eigenvalue weighted by atomic mass is 9.96. The number of carbonyl (C=O) groups excluding carboxylic acids is 3. The van der Waals surface area contributed by atoms with Gasteiger partial charge in [-0.3, -0.25) is 24.5 Å². The van der Waals surface area contributed by atoms with Crippen molar-refractivity contribution in [1.29, 1.82) is 0 Å². The van der Waals surface area contributed by atoms with Gasteiger partial charge in [0.1, 0.15) is 5.69 Å². The smallest absolute Gasteiger partial charge is 0.309 e. The summed E-state index contributed by atoms with van der Waals surface area (Å²) in [6.45, 7) is 4.05. The number of nitro benzene ring substituents is 1. The van der Waals surface area contributed by atoms with Gasteiger partial charge >= 0.3 is 5.97 Å². The van der Waals surface area contributed by atoms with E-state index < -0.39 is 10.9 Å². The van der Waals surface area contributed by atoms with E-state index in [1.807, 2.05) is 4.90 Å². The molecule has 2 amide bonds. The van der Waals surface area contributed by atoms with Crippen molar-refractivity contribution >= 4 is 29.2 Å². The SMILES string of the molecule is CC(=O)N1CCN(C(=O)COC(=O)C2CCN(c3ccccc3[N+](=O)[O-])CC2)CC1. The molecule has 0 N–H and O–H groups in total. The number of hydrogen-bond donors (Lipinski definition) is 0. The first kappa shape index (κ1) is 21.5. The van der Waals surface area contributed by atoms with Crippen LogP contribution in [0.3, 0.4) is 0 Å². The molecule has 0 spiro atoms. The van der Waals surface area contributed by atoms with Crippen LogP contribution in [-0.4, -0.2) is 78.4 Å². The Hall–Kier alpha value is -3.17. The molecule has 2 saturated heterocycles. The molecular formula is C20H26N4O6. The maximum absolute atomic E-state index is 12.4. The van der Waals surface area contributed by atoms with Crippen LogP contribution in [0.5, 0.6) is 0 Å². The van der Waals surface area contributed by atoms with Gasteiger partial charge < -0.3 is 19.4 Å². The average Bonchev–Trinajstić information content (AvgIpc) is 2.77. The Labute approximate surface area is 174 Å². The fourth-order valence-corrected chi connectivity index (χ4v) is 3.85. The lowest BCUT2D eigenvalue weighted by Gasteiger charge is -2.34. The van der Waals surface area contributed by atoms with Crippen LogP contribution in [0, 0.1) is 16.0 Å². The third-order valence-electron chi connectivity index (χ3n) is 5.66. The number of nitrogens with zero attached hydrogens (tertiary/aromatic N) is 4. The summed E-state index contributed by atoms with van der Waals surface area (Å²) in [7, 11) is 0. The Kier molecular flexibility index (Phi) is 6.86. The van der Waals surface area contributed by atoms with Gasteiger partial charge in [-0.15, -0.1) is 0 Å². The second-order valence-electron chi connectivity index (χ2n) is 7.50. The Balaban J connectivity index is 1.44. The highest BCUT2D eigenvalue weighted by atomic mass is 16.6. The van der Waals surface area contributed by atoms with E-state index >= 15 is 0 Å². The molecule has 2 fully saturated rings. The minimum absolute atomic E-state index is 0.0132. The molecule has 3 rings (SSSR count). The summed E-state index contributed by atoms with van der Waals surface area (Å²) >= 11 is 0. The van der Waals surface area contributed by atoms with E-state index in [1.54, 1.807) is 28.0 Å². The standard InChI is InChI=1S/C20H26N4O6/c1-15(25)21-10-12-23(13-11-21)19(26)14-30-20(27)16-6-8-22(9-7-16)17-4-2-3-5-18(17)24(28)29/h2-5,16H,6-14H2,1H3. The van der Waals surface area contributed by atoms with E-state index in [-0.39, 0.29) is 30.0 Å². The summed E-state index contributed by atoms with van der Waals surface area (Å²) in [5, 5.41) is 11.2. The number of esters is 1. The zero-order valence-electron chi connectivity index (χ0n) is 17.0. The quantitative estimate of drug-likeness (QED) is 0.399.